The Kier molecular flexibility index (Phi) is 4.74. The van der Waals surface area contributed by atoms with Crippen molar-refractivity contribution in [2.45, 2.75) is 20.3 Å². The second-order valence-electron chi connectivity index (χ2n) is 3.48. The first-order chi connectivity index (χ1) is 5.43. The van der Waals surface area contributed by atoms with Crippen LogP contribution in [0.25, 0.3) is 0 Å². The first-order valence-corrected chi connectivity index (χ1v) is 4.08. The van der Waals surface area contributed by atoms with E-state index in [0.717, 1.165) is 0 Å². The molecule has 3 heteroatoms. The van der Waals surface area contributed by atoms with E-state index >= 15 is 0 Å². The van der Waals surface area contributed by atoms with E-state index in [1.54, 1.807) is 0 Å². The number of nitrogens with zero attached hydrogens (tertiary/aromatic N) is 1. The standard InChI is InChI=1S/C9H17NO2/c1-7(11)5-9(8(2)12)6-10(3)4/h9H,5-6H2,1-4H3. The number of carbonyl (C=O) groups excluding carboxylic acids is 2. The summed E-state index contributed by atoms with van der Waals surface area (Å²) in [4.78, 5) is 23.7. The molecule has 0 heterocycles. The van der Waals surface area contributed by atoms with Crippen molar-refractivity contribution in [2.75, 3.05) is 20.6 Å². The van der Waals surface area contributed by atoms with Gasteiger partial charge in [-0.25, -0.2) is 0 Å². The Labute approximate surface area is 73.7 Å². The van der Waals surface area contributed by atoms with Gasteiger partial charge in [0.05, 0.1) is 0 Å². The van der Waals surface area contributed by atoms with Crippen LogP contribution in [0, 0.1) is 5.92 Å². The molecule has 70 valence electrons. The van der Waals surface area contributed by atoms with Crippen LogP contribution in [0.2, 0.25) is 0 Å². The first kappa shape index (κ1) is 11.3. The van der Waals surface area contributed by atoms with Gasteiger partial charge in [-0.15, -0.1) is 0 Å². The fraction of sp³-hybridized carbons (Fsp3) is 0.778. The molecule has 0 rings (SSSR count). The van der Waals surface area contributed by atoms with Gasteiger partial charge in [-0.1, -0.05) is 0 Å². The third-order valence-electron chi connectivity index (χ3n) is 1.69. The summed E-state index contributed by atoms with van der Waals surface area (Å²) in [5, 5.41) is 0. The minimum absolute atomic E-state index is 0.0806. The summed E-state index contributed by atoms with van der Waals surface area (Å²) in [5.74, 6) is 0.0495. The topological polar surface area (TPSA) is 37.4 Å². The van der Waals surface area contributed by atoms with E-state index in [9.17, 15) is 9.59 Å². The molecule has 0 aliphatic rings. The van der Waals surface area contributed by atoms with Crippen LogP contribution in [0.15, 0.2) is 0 Å². The third kappa shape index (κ3) is 5.02. The Hall–Kier alpha value is -0.700. The molecule has 0 aromatic carbocycles. The lowest BCUT2D eigenvalue weighted by molar-refractivity contribution is -0.126. The maximum Gasteiger partial charge on any atom is 0.134 e. The second-order valence-corrected chi connectivity index (χ2v) is 3.48. The lowest BCUT2D eigenvalue weighted by atomic mass is 9.99. The highest BCUT2D eigenvalue weighted by Gasteiger charge is 2.16. The molecule has 0 saturated carbocycles. The van der Waals surface area contributed by atoms with Gasteiger partial charge in [-0.05, 0) is 27.9 Å². The molecule has 0 fully saturated rings. The molecule has 1 atom stereocenters. The van der Waals surface area contributed by atoms with Crippen molar-refractivity contribution in [3.63, 3.8) is 0 Å². The molecule has 0 saturated heterocycles. The zero-order valence-corrected chi connectivity index (χ0v) is 8.26. The van der Waals surface area contributed by atoms with Crippen molar-refractivity contribution >= 4 is 11.6 Å². The van der Waals surface area contributed by atoms with Crippen LogP contribution in [0.3, 0.4) is 0 Å². The predicted molar refractivity (Wildman–Crippen MR) is 48.0 cm³/mol. The van der Waals surface area contributed by atoms with Gasteiger partial charge in [0.1, 0.15) is 11.6 Å². The van der Waals surface area contributed by atoms with Crippen molar-refractivity contribution in [1.29, 1.82) is 0 Å². The van der Waals surface area contributed by atoms with Crippen LogP contribution in [0.4, 0.5) is 0 Å². The number of carbonyl (C=O) groups is 2. The zero-order valence-electron chi connectivity index (χ0n) is 8.26. The van der Waals surface area contributed by atoms with Gasteiger partial charge in [0, 0.05) is 18.9 Å². The van der Waals surface area contributed by atoms with Crippen molar-refractivity contribution in [3.05, 3.63) is 0 Å². The Morgan fingerprint density at radius 1 is 1.25 bits per heavy atom. The molecule has 1 unspecified atom stereocenters. The SMILES string of the molecule is CC(=O)CC(CN(C)C)C(C)=O. The van der Waals surface area contributed by atoms with Crippen LogP contribution < -0.4 is 0 Å². The molecular formula is C9H17NO2. The van der Waals surface area contributed by atoms with Gasteiger partial charge in [0.25, 0.3) is 0 Å². The van der Waals surface area contributed by atoms with Crippen molar-refractivity contribution in [1.82, 2.24) is 4.90 Å². The van der Waals surface area contributed by atoms with Gasteiger partial charge < -0.3 is 9.69 Å². The summed E-state index contributed by atoms with van der Waals surface area (Å²) >= 11 is 0. The predicted octanol–water partition coefficient (Wildman–Crippen LogP) is 0.732. The Bertz CT molecular complexity index is 175. The largest absolute Gasteiger partial charge is 0.309 e. The van der Waals surface area contributed by atoms with Gasteiger partial charge in [0.15, 0.2) is 0 Å². The molecule has 0 aromatic rings. The summed E-state index contributed by atoms with van der Waals surface area (Å²) in [6.07, 6.45) is 0.369. The van der Waals surface area contributed by atoms with E-state index in [4.69, 9.17) is 0 Å². The van der Waals surface area contributed by atoms with Crippen LogP contribution in [-0.4, -0.2) is 37.1 Å². The van der Waals surface area contributed by atoms with Crippen LogP contribution >= 0.6 is 0 Å². The van der Waals surface area contributed by atoms with E-state index in [-0.39, 0.29) is 17.5 Å². The average Bonchev–Trinajstić information content (AvgIpc) is 1.83. The monoisotopic (exact) mass is 171 g/mol. The van der Waals surface area contributed by atoms with Gasteiger partial charge in [-0.2, -0.15) is 0 Å². The van der Waals surface area contributed by atoms with Gasteiger partial charge in [0.2, 0.25) is 0 Å². The second kappa shape index (κ2) is 5.04. The quantitative estimate of drug-likeness (QED) is 0.612. The van der Waals surface area contributed by atoms with Crippen molar-refractivity contribution in [2.24, 2.45) is 5.92 Å². The average molecular weight is 171 g/mol. The number of ketones is 2. The van der Waals surface area contributed by atoms with E-state index in [1.165, 1.54) is 13.8 Å². The summed E-state index contributed by atoms with van der Waals surface area (Å²) in [6.45, 7) is 3.72. The molecule has 0 spiro atoms. The van der Waals surface area contributed by atoms with Crippen LogP contribution in [0.5, 0.6) is 0 Å². The van der Waals surface area contributed by atoms with Crippen molar-refractivity contribution in [3.8, 4) is 0 Å². The normalized spacial score (nSPS) is 13.1. The summed E-state index contributed by atoms with van der Waals surface area (Å²) in [5.41, 5.74) is 0. The Balaban J connectivity index is 4.04. The fourth-order valence-electron chi connectivity index (χ4n) is 1.12. The minimum atomic E-state index is -0.127. The van der Waals surface area contributed by atoms with E-state index in [0.29, 0.717) is 13.0 Å². The number of hydrogen-bond acceptors (Lipinski definition) is 3. The highest BCUT2D eigenvalue weighted by atomic mass is 16.1. The van der Waals surface area contributed by atoms with Crippen LogP contribution in [-0.2, 0) is 9.59 Å². The smallest absolute Gasteiger partial charge is 0.134 e. The maximum absolute atomic E-state index is 11.0. The molecule has 0 amide bonds. The van der Waals surface area contributed by atoms with E-state index in [2.05, 4.69) is 0 Å². The molecule has 12 heavy (non-hydrogen) atoms. The highest BCUT2D eigenvalue weighted by molar-refractivity contribution is 5.85. The Morgan fingerprint density at radius 3 is 2.00 bits per heavy atom. The fourth-order valence-corrected chi connectivity index (χ4v) is 1.12. The Morgan fingerprint density at radius 2 is 1.75 bits per heavy atom. The molecule has 0 aromatic heterocycles. The summed E-state index contributed by atoms with van der Waals surface area (Å²) in [7, 11) is 3.80. The molecular weight excluding hydrogens is 154 g/mol. The number of hydrogen-bond donors (Lipinski definition) is 0. The maximum atomic E-state index is 11.0. The minimum Gasteiger partial charge on any atom is -0.309 e. The highest BCUT2D eigenvalue weighted by Crippen LogP contribution is 2.06. The lowest BCUT2D eigenvalue weighted by Crippen LogP contribution is -2.27. The molecule has 0 bridgehead atoms. The molecule has 0 aliphatic carbocycles. The molecule has 3 nitrogen and oxygen atoms in total. The third-order valence-corrected chi connectivity index (χ3v) is 1.69. The van der Waals surface area contributed by atoms with Crippen LogP contribution in [0.1, 0.15) is 20.3 Å². The molecule has 0 radical (unpaired) electrons. The molecule has 0 aliphatic heterocycles. The molecule has 0 N–H and O–H groups in total. The van der Waals surface area contributed by atoms with Crippen molar-refractivity contribution < 1.29 is 9.59 Å². The van der Waals surface area contributed by atoms with Gasteiger partial charge >= 0.3 is 0 Å². The summed E-state index contributed by atoms with van der Waals surface area (Å²) in [6, 6.07) is 0. The van der Waals surface area contributed by atoms with E-state index in [1.807, 2.05) is 19.0 Å². The number of Topliss-reactive ketones (excluding diaryl/α,β-unsaturated/α-hetero) is 2. The lowest BCUT2D eigenvalue weighted by Gasteiger charge is -2.16. The van der Waals surface area contributed by atoms with E-state index < -0.39 is 0 Å². The zero-order chi connectivity index (χ0) is 9.72. The summed E-state index contributed by atoms with van der Waals surface area (Å²) < 4.78 is 0. The van der Waals surface area contributed by atoms with Gasteiger partial charge in [-0.3, -0.25) is 4.79 Å². The number of rotatable bonds is 5. The first-order valence-electron chi connectivity index (χ1n) is 4.08.